The zero-order valence-corrected chi connectivity index (χ0v) is 13.0. The maximum Gasteiger partial charge on any atom is 0.321 e. The van der Waals surface area contributed by atoms with Gasteiger partial charge in [0.15, 0.2) is 0 Å². The molecule has 2 aromatic rings. The summed E-state index contributed by atoms with van der Waals surface area (Å²) in [4.78, 5) is 35.1. The molecule has 0 aliphatic rings. The van der Waals surface area contributed by atoms with Crippen LogP contribution in [0.25, 0.3) is 0 Å². The lowest BCUT2D eigenvalue weighted by atomic mass is 10.1. The second-order valence-electron chi connectivity index (χ2n) is 5.03. The minimum absolute atomic E-state index is 0.192. The van der Waals surface area contributed by atoms with E-state index in [1.54, 1.807) is 54.6 Å². The van der Waals surface area contributed by atoms with E-state index in [-0.39, 0.29) is 6.54 Å². The number of carbonyl (C=O) groups is 3. The summed E-state index contributed by atoms with van der Waals surface area (Å²) < 4.78 is 0. The van der Waals surface area contributed by atoms with Crippen LogP contribution in [0.4, 0.5) is 4.79 Å². The highest BCUT2D eigenvalue weighted by Crippen LogP contribution is 2.06. The fourth-order valence-corrected chi connectivity index (χ4v) is 1.94. The van der Waals surface area contributed by atoms with Gasteiger partial charge in [0.2, 0.25) is 0 Å². The minimum Gasteiger partial charge on any atom is -0.334 e. The van der Waals surface area contributed by atoms with Crippen molar-refractivity contribution in [1.82, 2.24) is 15.7 Å². The summed E-state index contributed by atoms with van der Waals surface area (Å²) in [5.41, 5.74) is 1.46. The highest BCUT2D eigenvalue weighted by atomic mass is 16.5. The van der Waals surface area contributed by atoms with Gasteiger partial charge in [0.1, 0.15) is 0 Å². The Morgan fingerprint density at radius 3 is 2.17 bits per heavy atom. The third-order valence-electron chi connectivity index (χ3n) is 3.21. The van der Waals surface area contributed by atoms with Gasteiger partial charge in [-0.3, -0.25) is 20.1 Å². The van der Waals surface area contributed by atoms with E-state index >= 15 is 0 Å². The first-order valence-corrected chi connectivity index (χ1v) is 7.17. The predicted octanol–water partition coefficient (Wildman–Crippen LogP) is 1.79. The van der Waals surface area contributed by atoms with Gasteiger partial charge >= 0.3 is 6.03 Å². The number of benzene rings is 2. The van der Waals surface area contributed by atoms with Crippen molar-refractivity contribution in [1.29, 1.82) is 0 Å². The van der Waals surface area contributed by atoms with E-state index < -0.39 is 17.8 Å². The molecule has 0 atom stereocenters. The molecule has 124 valence electrons. The Morgan fingerprint density at radius 2 is 1.58 bits per heavy atom. The highest BCUT2D eigenvalue weighted by Gasteiger charge is 2.11. The SMILES string of the molecule is CN(O)C(=O)c1ccc(CNC(=O)NC(=O)c2ccccc2)cc1. The molecule has 0 heterocycles. The number of hydrogen-bond acceptors (Lipinski definition) is 4. The lowest BCUT2D eigenvalue weighted by Crippen LogP contribution is -2.39. The highest BCUT2D eigenvalue weighted by molar-refractivity contribution is 6.04. The van der Waals surface area contributed by atoms with E-state index in [4.69, 9.17) is 5.21 Å². The Bertz CT molecular complexity index is 727. The number of rotatable bonds is 4. The molecule has 2 aromatic carbocycles. The van der Waals surface area contributed by atoms with Crippen molar-refractivity contribution in [2.45, 2.75) is 6.54 Å². The largest absolute Gasteiger partial charge is 0.334 e. The van der Waals surface area contributed by atoms with Crippen molar-refractivity contribution in [3.05, 3.63) is 71.3 Å². The van der Waals surface area contributed by atoms with Crippen LogP contribution in [-0.2, 0) is 6.54 Å². The molecule has 0 unspecified atom stereocenters. The first-order chi connectivity index (χ1) is 11.5. The van der Waals surface area contributed by atoms with E-state index in [2.05, 4.69) is 10.6 Å². The average molecular weight is 327 g/mol. The third-order valence-corrected chi connectivity index (χ3v) is 3.21. The van der Waals surface area contributed by atoms with Gasteiger partial charge in [-0.05, 0) is 29.8 Å². The Kier molecular flexibility index (Phi) is 5.64. The predicted molar refractivity (Wildman–Crippen MR) is 86.5 cm³/mol. The number of imide groups is 1. The van der Waals surface area contributed by atoms with Gasteiger partial charge in [0.05, 0.1) is 0 Å². The normalized spacial score (nSPS) is 9.92. The molecule has 3 N–H and O–H groups in total. The van der Waals surface area contributed by atoms with E-state index in [0.29, 0.717) is 16.2 Å². The van der Waals surface area contributed by atoms with Crippen molar-refractivity contribution >= 4 is 17.8 Å². The number of amides is 4. The molecule has 7 nitrogen and oxygen atoms in total. The molecule has 0 aromatic heterocycles. The summed E-state index contributed by atoms with van der Waals surface area (Å²) in [5.74, 6) is -1.01. The quantitative estimate of drug-likeness (QED) is 0.589. The van der Waals surface area contributed by atoms with Gasteiger partial charge < -0.3 is 5.32 Å². The third kappa shape index (κ3) is 4.65. The van der Waals surface area contributed by atoms with Crippen molar-refractivity contribution in [3.63, 3.8) is 0 Å². The van der Waals surface area contributed by atoms with Crippen LogP contribution in [-0.4, -0.2) is 35.2 Å². The molecule has 0 saturated heterocycles. The number of nitrogens with one attached hydrogen (secondary N) is 2. The topological polar surface area (TPSA) is 98.7 Å². The number of hydrogen-bond donors (Lipinski definition) is 3. The maximum absolute atomic E-state index is 11.8. The van der Waals surface area contributed by atoms with E-state index in [1.807, 2.05) is 0 Å². The monoisotopic (exact) mass is 327 g/mol. The zero-order chi connectivity index (χ0) is 17.5. The van der Waals surface area contributed by atoms with Gasteiger partial charge in [-0.25, -0.2) is 9.86 Å². The maximum atomic E-state index is 11.8. The van der Waals surface area contributed by atoms with Crippen molar-refractivity contribution in [2.24, 2.45) is 0 Å². The van der Waals surface area contributed by atoms with Crippen LogP contribution in [0.3, 0.4) is 0 Å². The molecule has 4 amide bonds. The van der Waals surface area contributed by atoms with Crippen LogP contribution in [0.1, 0.15) is 26.3 Å². The van der Waals surface area contributed by atoms with Gasteiger partial charge in [-0.1, -0.05) is 30.3 Å². The second kappa shape index (κ2) is 7.89. The van der Waals surface area contributed by atoms with Crippen LogP contribution in [0.5, 0.6) is 0 Å². The smallest absolute Gasteiger partial charge is 0.321 e. The molecule has 2 rings (SSSR count). The van der Waals surface area contributed by atoms with E-state index in [0.717, 1.165) is 5.56 Å². The fraction of sp³-hybridized carbons (Fsp3) is 0.118. The van der Waals surface area contributed by atoms with Crippen LogP contribution in [0, 0.1) is 0 Å². The van der Waals surface area contributed by atoms with Crippen molar-refractivity contribution in [3.8, 4) is 0 Å². The standard InChI is InChI=1S/C17H17N3O4/c1-20(24)16(22)14-9-7-12(8-10-14)11-18-17(23)19-15(21)13-5-3-2-4-6-13/h2-10,24H,11H2,1H3,(H2,18,19,21,23). The van der Waals surface area contributed by atoms with Crippen molar-refractivity contribution in [2.75, 3.05) is 7.05 Å². The Balaban J connectivity index is 1.86. The fourth-order valence-electron chi connectivity index (χ4n) is 1.94. The van der Waals surface area contributed by atoms with Gasteiger partial charge in [0.25, 0.3) is 11.8 Å². The van der Waals surface area contributed by atoms with Crippen LogP contribution in [0.2, 0.25) is 0 Å². The lowest BCUT2D eigenvalue weighted by molar-refractivity contribution is -0.0374. The molecular weight excluding hydrogens is 310 g/mol. The molecular formula is C17H17N3O4. The number of nitrogens with zero attached hydrogens (tertiary/aromatic N) is 1. The minimum atomic E-state index is -0.612. The van der Waals surface area contributed by atoms with Crippen LogP contribution in [0.15, 0.2) is 54.6 Å². The van der Waals surface area contributed by atoms with Gasteiger partial charge in [-0.2, -0.15) is 0 Å². The Hall–Kier alpha value is -3.19. The summed E-state index contributed by atoms with van der Waals surface area (Å²) in [6, 6.07) is 14.2. The molecule has 24 heavy (non-hydrogen) atoms. The summed E-state index contributed by atoms with van der Waals surface area (Å²) in [6.07, 6.45) is 0. The lowest BCUT2D eigenvalue weighted by Gasteiger charge is -2.09. The molecule has 0 aliphatic carbocycles. The summed E-state index contributed by atoms with van der Waals surface area (Å²) in [5, 5.41) is 14.4. The Morgan fingerprint density at radius 1 is 0.958 bits per heavy atom. The van der Waals surface area contributed by atoms with E-state index in [9.17, 15) is 14.4 Å². The zero-order valence-electron chi connectivity index (χ0n) is 13.0. The summed E-state index contributed by atoms with van der Waals surface area (Å²) in [7, 11) is 1.24. The average Bonchev–Trinajstić information content (AvgIpc) is 2.60. The molecule has 0 saturated carbocycles. The summed E-state index contributed by atoms with van der Waals surface area (Å²) >= 11 is 0. The molecule has 0 aliphatic heterocycles. The second-order valence-corrected chi connectivity index (χ2v) is 5.03. The number of urea groups is 1. The van der Waals surface area contributed by atoms with E-state index in [1.165, 1.54) is 7.05 Å². The first kappa shape index (κ1) is 17.2. The van der Waals surface area contributed by atoms with Crippen LogP contribution < -0.4 is 10.6 Å². The molecule has 0 radical (unpaired) electrons. The van der Waals surface area contributed by atoms with Crippen LogP contribution >= 0.6 is 0 Å². The Labute approximate surface area is 138 Å². The molecule has 0 fully saturated rings. The van der Waals surface area contributed by atoms with Crippen molar-refractivity contribution < 1.29 is 19.6 Å². The first-order valence-electron chi connectivity index (χ1n) is 7.17. The van der Waals surface area contributed by atoms with Gasteiger partial charge in [-0.15, -0.1) is 0 Å². The van der Waals surface area contributed by atoms with Gasteiger partial charge in [0, 0.05) is 24.7 Å². The molecule has 0 bridgehead atoms. The number of hydroxylamine groups is 2. The summed E-state index contributed by atoms with van der Waals surface area (Å²) in [6.45, 7) is 0.192. The molecule has 0 spiro atoms. The molecule has 7 heteroatoms. The number of carbonyl (C=O) groups excluding carboxylic acids is 3.